The zero-order valence-corrected chi connectivity index (χ0v) is 23.3. The van der Waals surface area contributed by atoms with Gasteiger partial charge in [-0.15, -0.1) is 0 Å². The van der Waals surface area contributed by atoms with Gasteiger partial charge in [-0.25, -0.2) is 4.79 Å². The molecule has 0 aliphatic rings. The number of hydrogen-bond donors (Lipinski definition) is 1. The number of nitrogens with one attached hydrogen (secondary N) is 1. The van der Waals surface area contributed by atoms with Gasteiger partial charge in [-0.05, 0) is 84.4 Å². The van der Waals surface area contributed by atoms with Crippen LogP contribution in [0.15, 0.2) is 30.8 Å². The molecule has 0 aliphatic heterocycles. The minimum atomic E-state index is -10.7. The van der Waals surface area contributed by atoms with Crippen molar-refractivity contribution in [2.45, 2.75) is 72.8 Å². The zero-order valence-electron chi connectivity index (χ0n) is 22.4. The van der Waals surface area contributed by atoms with Gasteiger partial charge in [-0.2, -0.15) is 0 Å². The molecule has 0 spiro atoms. The van der Waals surface area contributed by atoms with E-state index >= 15 is 0 Å². The Kier molecular flexibility index (Phi) is 12.0. The number of ether oxygens (including phenoxy) is 1. The summed E-state index contributed by atoms with van der Waals surface area (Å²) >= 11 is 0. The van der Waals surface area contributed by atoms with Crippen LogP contribution in [0.4, 0.5) is 30.0 Å². The van der Waals surface area contributed by atoms with Crippen LogP contribution in [0.3, 0.4) is 0 Å². The van der Waals surface area contributed by atoms with Crippen LogP contribution in [-0.2, 0) is 10.3 Å². The van der Waals surface area contributed by atoms with Crippen molar-refractivity contribution in [3.8, 4) is 0 Å². The van der Waals surface area contributed by atoms with Crippen molar-refractivity contribution >= 4 is 19.5 Å². The number of carbonyl (C=O) groups is 1. The fraction of sp³-hybridized carbons (Fsp3) is 0.640. The van der Waals surface area contributed by atoms with Gasteiger partial charge in [0.15, 0.2) is 0 Å². The van der Waals surface area contributed by atoms with Crippen LogP contribution in [0.2, 0.25) is 0 Å². The number of amides is 1. The van der Waals surface area contributed by atoms with Gasteiger partial charge in [0.2, 0.25) is 0 Å². The van der Waals surface area contributed by atoms with E-state index in [1.165, 1.54) is 43.5 Å². The molecular weight excluding hydrogens is 505 g/mol. The number of hydrogen-bond acceptors (Lipinski definition) is 2. The Morgan fingerprint density at radius 3 is 1.94 bits per heavy atom. The Bertz CT molecular complexity index is 834. The number of quaternary nitrogens is 1. The fourth-order valence-corrected chi connectivity index (χ4v) is 3.75. The van der Waals surface area contributed by atoms with Crippen LogP contribution < -0.4 is 5.32 Å². The van der Waals surface area contributed by atoms with Crippen LogP contribution >= 0.6 is 7.81 Å². The molecule has 0 radical (unpaired) electrons. The SMILES string of the molecule is C=C(C)c1cccc(C(C)(C)NC(=O)OCCCCCC[N+](CC)(CC)CC)c1.F[P-](F)(F)(F)(F)F. The molecule has 0 aliphatic carbocycles. The standard InChI is InChI=1S/C25H42N2O2.F6P/c1-8-27(9-2,10-3)18-13-11-12-14-19-29-24(28)26-25(6,7)23-17-15-16-22(20-23)21(4)5;1-7(2,3,4,5)6/h15-17,20H,4,8-14,18-19H2,1-3,5-7H3;/q;-1/p+1. The molecule has 1 aromatic rings. The molecule has 1 rings (SSSR count). The summed E-state index contributed by atoms with van der Waals surface area (Å²) in [6, 6.07) is 8.13. The third kappa shape index (κ3) is 16.8. The Balaban J connectivity index is 0.00000152. The summed E-state index contributed by atoms with van der Waals surface area (Å²) in [4.78, 5) is 12.2. The van der Waals surface area contributed by atoms with E-state index in [0.29, 0.717) is 6.61 Å². The number of unbranched alkanes of at least 4 members (excludes halogenated alkanes) is 3. The summed E-state index contributed by atoms with van der Waals surface area (Å²) in [5.41, 5.74) is 2.64. The zero-order chi connectivity index (χ0) is 28.3. The van der Waals surface area contributed by atoms with Gasteiger partial charge in [0.05, 0.1) is 38.3 Å². The molecule has 0 saturated heterocycles. The molecule has 0 unspecified atom stereocenters. The molecule has 0 heterocycles. The second-order valence-electron chi connectivity index (χ2n) is 9.63. The second kappa shape index (κ2) is 12.6. The van der Waals surface area contributed by atoms with E-state index in [9.17, 15) is 30.0 Å². The van der Waals surface area contributed by atoms with Crippen molar-refractivity contribution in [1.29, 1.82) is 0 Å². The predicted octanol–water partition coefficient (Wildman–Crippen LogP) is 9.50. The molecule has 1 N–H and O–H groups in total. The van der Waals surface area contributed by atoms with Crippen molar-refractivity contribution in [1.82, 2.24) is 5.32 Å². The summed E-state index contributed by atoms with van der Waals surface area (Å²) in [5.74, 6) is 0. The molecule has 0 fully saturated rings. The molecule has 0 bridgehead atoms. The Labute approximate surface area is 211 Å². The number of allylic oxidation sites excluding steroid dienone is 1. The molecule has 0 atom stereocenters. The number of nitrogens with zero attached hydrogens (tertiary/aromatic N) is 1. The van der Waals surface area contributed by atoms with Gasteiger partial charge < -0.3 is 14.5 Å². The average Bonchev–Trinajstić information content (AvgIpc) is 2.74. The van der Waals surface area contributed by atoms with E-state index < -0.39 is 13.3 Å². The first-order chi connectivity index (χ1) is 16.1. The van der Waals surface area contributed by atoms with E-state index in [0.717, 1.165) is 29.5 Å². The first-order valence-electron chi connectivity index (χ1n) is 12.3. The Morgan fingerprint density at radius 1 is 0.972 bits per heavy atom. The summed E-state index contributed by atoms with van der Waals surface area (Å²) in [6.45, 7) is 22.2. The average molecular weight is 549 g/mol. The fourth-order valence-electron chi connectivity index (χ4n) is 3.75. The van der Waals surface area contributed by atoms with Gasteiger partial charge in [0.1, 0.15) is 0 Å². The molecule has 212 valence electrons. The van der Waals surface area contributed by atoms with Crippen LogP contribution in [0.1, 0.15) is 78.4 Å². The van der Waals surface area contributed by atoms with Gasteiger partial charge in [-0.1, -0.05) is 30.4 Å². The molecular formula is C25H43F6N2O2P. The van der Waals surface area contributed by atoms with Crippen molar-refractivity contribution in [3.63, 3.8) is 0 Å². The number of halogens is 6. The van der Waals surface area contributed by atoms with Crippen molar-refractivity contribution in [3.05, 3.63) is 42.0 Å². The Hall–Kier alpha value is -1.80. The molecule has 36 heavy (non-hydrogen) atoms. The quantitative estimate of drug-likeness (QED) is 0.115. The minimum absolute atomic E-state index is 0.352. The van der Waals surface area contributed by atoms with E-state index in [2.05, 4.69) is 38.7 Å². The summed E-state index contributed by atoms with van der Waals surface area (Å²) in [6.07, 6.45) is 4.12. The van der Waals surface area contributed by atoms with E-state index in [1.54, 1.807) is 0 Å². The van der Waals surface area contributed by atoms with Crippen LogP contribution in [0, 0.1) is 0 Å². The van der Waals surface area contributed by atoms with Gasteiger partial charge in [0, 0.05) is 0 Å². The van der Waals surface area contributed by atoms with Crippen molar-refractivity contribution in [2.24, 2.45) is 0 Å². The van der Waals surface area contributed by atoms with Crippen LogP contribution in [0.25, 0.3) is 5.57 Å². The van der Waals surface area contributed by atoms with E-state index in [4.69, 9.17) is 4.74 Å². The first kappa shape index (κ1) is 34.2. The van der Waals surface area contributed by atoms with Crippen LogP contribution in [-0.4, -0.2) is 43.4 Å². The number of rotatable bonds is 13. The summed E-state index contributed by atoms with van der Waals surface area (Å²) in [7, 11) is -10.7. The van der Waals surface area contributed by atoms with Crippen LogP contribution in [0.5, 0.6) is 0 Å². The number of carbonyl (C=O) groups excluding carboxylic acids is 1. The van der Waals surface area contributed by atoms with Gasteiger partial charge in [-0.3, -0.25) is 0 Å². The monoisotopic (exact) mass is 548 g/mol. The van der Waals surface area contributed by atoms with Gasteiger partial charge in [0.25, 0.3) is 0 Å². The van der Waals surface area contributed by atoms with Gasteiger partial charge >= 0.3 is 39.1 Å². The molecule has 11 heteroatoms. The van der Waals surface area contributed by atoms with E-state index in [-0.39, 0.29) is 6.09 Å². The molecule has 4 nitrogen and oxygen atoms in total. The maximum absolute atomic E-state index is 12.2. The number of alkyl carbamates (subject to hydrolysis) is 1. The summed E-state index contributed by atoms with van der Waals surface area (Å²) in [5, 5.41) is 2.99. The topological polar surface area (TPSA) is 38.3 Å². The predicted molar refractivity (Wildman–Crippen MR) is 137 cm³/mol. The van der Waals surface area contributed by atoms with E-state index in [1.807, 2.05) is 39.0 Å². The molecule has 0 aromatic heterocycles. The second-order valence-corrected chi connectivity index (χ2v) is 11.6. The summed E-state index contributed by atoms with van der Waals surface area (Å²) < 4.78 is 65.8. The van der Waals surface area contributed by atoms with Crippen molar-refractivity contribution < 1.29 is 39.2 Å². The normalized spacial score (nSPS) is 14.1. The third-order valence-corrected chi connectivity index (χ3v) is 6.26. The first-order valence-corrected chi connectivity index (χ1v) is 14.3. The maximum atomic E-state index is 12.2. The number of benzene rings is 1. The molecule has 0 saturated carbocycles. The third-order valence-electron chi connectivity index (χ3n) is 6.26. The van der Waals surface area contributed by atoms with Crippen molar-refractivity contribution in [2.75, 3.05) is 32.8 Å². The Morgan fingerprint density at radius 2 is 1.47 bits per heavy atom. The molecule has 1 aromatic carbocycles. The molecule has 1 amide bonds.